The van der Waals surface area contributed by atoms with Crippen LogP contribution in [-0.4, -0.2) is 55.2 Å². The van der Waals surface area contributed by atoms with Gasteiger partial charge in [0.15, 0.2) is 6.54 Å². The summed E-state index contributed by atoms with van der Waals surface area (Å²) >= 11 is 0. The van der Waals surface area contributed by atoms with Crippen molar-refractivity contribution in [2.24, 2.45) is 5.92 Å². The predicted molar refractivity (Wildman–Crippen MR) is 108 cm³/mol. The summed E-state index contributed by atoms with van der Waals surface area (Å²) in [6, 6.07) is 0. The number of nitrogens with zero attached hydrogens (tertiary/aromatic N) is 1. The number of likely N-dealkylation sites (N-methyl/N-ethyl adjacent to an activating group) is 1. The van der Waals surface area contributed by atoms with Crippen molar-refractivity contribution in [2.75, 3.05) is 33.7 Å². The summed E-state index contributed by atoms with van der Waals surface area (Å²) in [7, 11) is 3.83. The van der Waals surface area contributed by atoms with Gasteiger partial charge in [0.05, 0.1) is 20.6 Å². The van der Waals surface area contributed by atoms with E-state index >= 15 is 0 Å². The van der Waals surface area contributed by atoms with Gasteiger partial charge in [0.25, 0.3) is 0 Å². The first-order valence-electron chi connectivity index (χ1n) is 10.6. The first-order valence-corrected chi connectivity index (χ1v) is 10.6. The van der Waals surface area contributed by atoms with E-state index in [-0.39, 0.29) is 18.4 Å². The maximum absolute atomic E-state index is 12.5. The maximum Gasteiger partial charge on any atom is 0.359 e. The second kappa shape index (κ2) is 15.0. The average molecular weight is 372 g/mol. The van der Waals surface area contributed by atoms with Gasteiger partial charge in [-0.1, -0.05) is 65.2 Å². The normalized spacial score (nSPS) is 12.8. The first kappa shape index (κ1) is 24.9. The highest BCUT2D eigenvalue weighted by molar-refractivity contribution is 5.78. The number of carboxylic acid groups (broad SMARTS) is 1. The Morgan fingerprint density at radius 2 is 1.42 bits per heavy atom. The van der Waals surface area contributed by atoms with Gasteiger partial charge in [0.2, 0.25) is 5.91 Å². The molecule has 0 aromatic rings. The van der Waals surface area contributed by atoms with Gasteiger partial charge in [-0.05, 0) is 12.8 Å². The number of hydrogen-bond donors (Lipinski definition) is 2. The number of carbonyl (C=O) groups excluding carboxylic acids is 1. The van der Waals surface area contributed by atoms with E-state index < -0.39 is 5.97 Å². The van der Waals surface area contributed by atoms with Gasteiger partial charge < -0.3 is 14.9 Å². The SMILES string of the molecule is CCCCCCCC(CCCCC)C(=O)NCCC[N+](C)(C)CC(=O)O. The molecule has 0 bridgehead atoms. The van der Waals surface area contributed by atoms with Crippen molar-refractivity contribution in [3.63, 3.8) is 0 Å². The molecule has 26 heavy (non-hydrogen) atoms. The molecule has 0 fully saturated rings. The molecule has 0 rings (SSSR count). The second-order valence-corrected chi connectivity index (χ2v) is 8.25. The van der Waals surface area contributed by atoms with Crippen LogP contribution in [0.1, 0.15) is 84.5 Å². The monoisotopic (exact) mass is 371 g/mol. The van der Waals surface area contributed by atoms with E-state index in [1.54, 1.807) is 0 Å². The summed E-state index contributed by atoms with van der Waals surface area (Å²) in [6.07, 6.45) is 12.5. The van der Waals surface area contributed by atoms with Crippen LogP contribution in [0.25, 0.3) is 0 Å². The van der Waals surface area contributed by atoms with E-state index in [4.69, 9.17) is 5.11 Å². The minimum atomic E-state index is -0.780. The molecule has 0 saturated heterocycles. The van der Waals surface area contributed by atoms with Crippen molar-refractivity contribution in [1.29, 1.82) is 0 Å². The molecule has 1 amide bonds. The minimum absolute atomic E-state index is 0.116. The Kier molecular flexibility index (Phi) is 14.4. The van der Waals surface area contributed by atoms with E-state index in [0.29, 0.717) is 11.0 Å². The molecule has 0 spiro atoms. The summed E-state index contributed by atoms with van der Waals surface area (Å²) in [6.45, 7) is 5.92. The molecule has 0 aliphatic heterocycles. The number of unbranched alkanes of at least 4 members (excludes halogenated alkanes) is 6. The number of amides is 1. The maximum atomic E-state index is 12.5. The van der Waals surface area contributed by atoms with Gasteiger partial charge in [-0.3, -0.25) is 4.79 Å². The van der Waals surface area contributed by atoms with Crippen LogP contribution in [0.4, 0.5) is 0 Å². The standard InChI is InChI=1S/C21H42N2O3/c1-5-7-9-10-12-15-19(14-11-8-6-2)21(26)22-16-13-17-23(3,4)18-20(24)25/h19H,5-18H2,1-4H3,(H-,22,24,25,26)/p+1. The average Bonchev–Trinajstić information content (AvgIpc) is 2.55. The van der Waals surface area contributed by atoms with Gasteiger partial charge in [-0.25, -0.2) is 4.79 Å². The van der Waals surface area contributed by atoms with Crippen LogP contribution in [0.3, 0.4) is 0 Å². The molecule has 5 heteroatoms. The van der Waals surface area contributed by atoms with Crippen molar-refractivity contribution in [2.45, 2.75) is 84.5 Å². The molecule has 1 unspecified atom stereocenters. The lowest BCUT2D eigenvalue weighted by Crippen LogP contribution is -2.45. The van der Waals surface area contributed by atoms with Crippen LogP contribution in [0.2, 0.25) is 0 Å². The summed E-state index contributed by atoms with van der Waals surface area (Å²) in [5.41, 5.74) is 0. The fourth-order valence-corrected chi connectivity index (χ4v) is 3.35. The molecule has 5 nitrogen and oxygen atoms in total. The van der Waals surface area contributed by atoms with E-state index in [2.05, 4.69) is 19.2 Å². The third-order valence-corrected chi connectivity index (χ3v) is 4.99. The van der Waals surface area contributed by atoms with Gasteiger partial charge in [-0.2, -0.15) is 0 Å². The highest BCUT2D eigenvalue weighted by atomic mass is 16.4. The van der Waals surface area contributed by atoms with Gasteiger partial charge in [0.1, 0.15) is 0 Å². The van der Waals surface area contributed by atoms with Crippen LogP contribution in [0.15, 0.2) is 0 Å². The second-order valence-electron chi connectivity index (χ2n) is 8.25. The molecule has 2 N–H and O–H groups in total. The van der Waals surface area contributed by atoms with E-state index in [9.17, 15) is 9.59 Å². The third kappa shape index (κ3) is 14.1. The Hall–Kier alpha value is -1.10. The minimum Gasteiger partial charge on any atom is -0.477 e. The summed E-state index contributed by atoms with van der Waals surface area (Å²) in [5.74, 6) is -0.442. The highest BCUT2D eigenvalue weighted by Crippen LogP contribution is 2.18. The number of carbonyl (C=O) groups is 2. The highest BCUT2D eigenvalue weighted by Gasteiger charge is 2.20. The zero-order chi connectivity index (χ0) is 19.8. The van der Waals surface area contributed by atoms with Gasteiger partial charge >= 0.3 is 5.97 Å². The van der Waals surface area contributed by atoms with Crippen molar-refractivity contribution >= 4 is 11.9 Å². The molecular weight excluding hydrogens is 328 g/mol. The Labute approximate surface area is 161 Å². The summed E-state index contributed by atoms with van der Waals surface area (Å²) in [4.78, 5) is 23.4. The molecule has 0 radical (unpaired) electrons. The molecule has 0 saturated carbocycles. The lowest BCUT2D eigenvalue weighted by molar-refractivity contribution is -0.883. The third-order valence-electron chi connectivity index (χ3n) is 4.99. The van der Waals surface area contributed by atoms with E-state index in [1.807, 2.05) is 14.1 Å². The lowest BCUT2D eigenvalue weighted by Gasteiger charge is -2.27. The Balaban J connectivity index is 4.19. The number of quaternary nitrogens is 1. The summed E-state index contributed by atoms with van der Waals surface area (Å²) < 4.78 is 0.447. The number of aliphatic carboxylic acids is 1. The molecule has 0 aliphatic carbocycles. The van der Waals surface area contributed by atoms with Gasteiger partial charge in [-0.15, -0.1) is 0 Å². The lowest BCUT2D eigenvalue weighted by atomic mass is 9.93. The van der Waals surface area contributed by atoms with Crippen molar-refractivity contribution in [3.8, 4) is 0 Å². The first-order chi connectivity index (χ1) is 12.3. The predicted octanol–water partition coefficient (Wildman–Crippen LogP) is 4.21. The smallest absolute Gasteiger partial charge is 0.359 e. The van der Waals surface area contributed by atoms with Crippen LogP contribution < -0.4 is 5.32 Å². The van der Waals surface area contributed by atoms with Gasteiger partial charge in [0, 0.05) is 18.9 Å². The van der Waals surface area contributed by atoms with Crippen molar-refractivity contribution < 1.29 is 19.2 Å². The number of nitrogens with one attached hydrogen (secondary N) is 1. The topological polar surface area (TPSA) is 66.4 Å². The van der Waals surface area contributed by atoms with Crippen LogP contribution >= 0.6 is 0 Å². The zero-order valence-electron chi connectivity index (χ0n) is 17.7. The quantitative estimate of drug-likeness (QED) is 0.297. The molecule has 154 valence electrons. The zero-order valence-corrected chi connectivity index (χ0v) is 17.7. The fourth-order valence-electron chi connectivity index (χ4n) is 3.35. The van der Waals surface area contributed by atoms with Crippen LogP contribution in [0, 0.1) is 5.92 Å². The fraction of sp³-hybridized carbons (Fsp3) is 0.905. The van der Waals surface area contributed by atoms with Crippen LogP contribution in [0.5, 0.6) is 0 Å². The Morgan fingerprint density at radius 3 is 2.00 bits per heavy atom. The number of carboxylic acids is 1. The Bertz CT molecular complexity index is 383. The van der Waals surface area contributed by atoms with Crippen LogP contribution in [-0.2, 0) is 9.59 Å². The van der Waals surface area contributed by atoms with E-state index in [0.717, 1.165) is 38.6 Å². The molecule has 0 aromatic heterocycles. The van der Waals surface area contributed by atoms with Crippen molar-refractivity contribution in [1.82, 2.24) is 5.32 Å². The molecule has 0 heterocycles. The largest absolute Gasteiger partial charge is 0.477 e. The number of rotatable bonds is 17. The molecular formula is C21H43N2O3+. The molecule has 0 aromatic carbocycles. The van der Waals surface area contributed by atoms with Crippen molar-refractivity contribution in [3.05, 3.63) is 0 Å². The molecule has 1 atom stereocenters. The summed E-state index contributed by atoms with van der Waals surface area (Å²) in [5, 5.41) is 12.0. The number of hydrogen-bond acceptors (Lipinski definition) is 2. The Morgan fingerprint density at radius 1 is 0.885 bits per heavy atom. The van der Waals surface area contributed by atoms with E-state index in [1.165, 1.54) is 38.5 Å². The molecule has 0 aliphatic rings.